The molecule has 0 radical (unpaired) electrons. The molecule has 106 valence electrons. The smallest absolute Gasteiger partial charge is 0.339 e. The number of ether oxygens (including phenoxy) is 1. The molecule has 3 aromatic rings. The van der Waals surface area contributed by atoms with E-state index in [0.717, 1.165) is 10.8 Å². The van der Waals surface area contributed by atoms with Gasteiger partial charge in [-0.05, 0) is 16.7 Å². The summed E-state index contributed by atoms with van der Waals surface area (Å²) in [5.41, 5.74) is 0.109. The summed E-state index contributed by atoms with van der Waals surface area (Å²) in [5, 5.41) is 22.5. The van der Waals surface area contributed by atoms with Gasteiger partial charge in [0.05, 0.1) is 7.05 Å². The fourth-order valence-electron chi connectivity index (χ4n) is 2.08. The summed E-state index contributed by atoms with van der Waals surface area (Å²) < 4.78 is 5.65. The van der Waals surface area contributed by atoms with Crippen LogP contribution in [0.25, 0.3) is 10.8 Å². The van der Waals surface area contributed by atoms with Crippen LogP contribution in [0.3, 0.4) is 0 Å². The molecule has 0 aliphatic rings. The highest BCUT2D eigenvalue weighted by molar-refractivity contribution is 6.00. The molecule has 2 aromatic carbocycles. The van der Waals surface area contributed by atoms with Gasteiger partial charge in [-0.15, -0.1) is 10.2 Å². The first-order valence-corrected chi connectivity index (χ1v) is 6.26. The normalized spacial score (nSPS) is 10.7. The number of hydrogen-bond donors (Lipinski definition) is 1. The molecule has 7 heteroatoms. The van der Waals surface area contributed by atoms with E-state index in [1.54, 1.807) is 13.1 Å². The molecule has 0 amide bonds. The Morgan fingerprint density at radius 3 is 2.81 bits per heavy atom. The summed E-state index contributed by atoms with van der Waals surface area (Å²) in [6, 6.07) is 10.7. The van der Waals surface area contributed by atoms with E-state index in [0.29, 0.717) is 11.6 Å². The summed E-state index contributed by atoms with van der Waals surface area (Å²) >= 11 is 0. The number of aromatic carboxylic acids is 1. The van der Waals surface area contributed by atoms with Gasteiger partial charge in [0.2, 0.25) is 5.82 Å². The number of rotatable bonds is 4. The van der Waals surface area contributed by atoms with E-state index in [1.165, 1.54) is 10.9 Å². The zero-order chi connectivity index (χ0) is 14.8. The van der Waals surface area contributed by atoms with Crippen LogP contribution in [0.15, 0.2) is 36.4 Å². The van der Waals surface area contributed by atoms with Crippen molar-refractivity contribution in [1.82, 2.24) is 20.2 Å². The molecule has 0 fully saturated rings. The lowest BCUT2D eigenvalue weighted by molar-refractivity contribution is 0.0692. The maximum Gasteiger partial charge on any atom is 0.339 e. The zero-order valence-corrected chi connectivity index (χ0v) is 11.2. The number of carboxylic acids is 1. The summed E-state index contributed by atoms with van der Waals surface area (Å²) in [5.74, 6) is -0.335. The maximum absolute atomic E-state index is 11.4. The molecule has 1 aromatic heterocycles. The minimum atomic E-state index is -1.04. The van der Waals surface area contributed by atoms with Crippen molar-refractivity contribution < 1.29 is 14.6 Å². The number of aryl methyl sites for hydroxylation is 1. The largest absolute Gasteiger partial charge is 0.484 e. The molecule has 1 N–H and O–H groups in total. The predicted molar refractivity (Wildman–Crippen MR) is 74.0 cm³/mol. The van der Waals surface area contributed by atoms with Crippen LogP contribution in [0, 0.1) is 0 Å². The number of benzene rings is 2. The summed E-state index contributed by atoms with van der Waals surface area (Å²) in [4.78, 5) is 12.7. The van der Waals surface area contributed by atoms with Gasteiger partial charge in [-0.2, -0.15) is 4.80 Å². The Morgan fingerprint density at radius 2 is 2.10 bits per heavy atom. The Balaban J connectivity index is 2.01. The number of nitrogens with zero attached hydrogens (tertiary/aromatic N) is 4. The van der Waals surface area contributed by atoms with Crippen molar-refractivity contribution in [3.63, 3.8) is 0 Å². The molecule has 1 heterocycles. The third-order valence-electron chi connectivity index (χ3n) is 3.01. The molecule has 0 saturated carbocycles. The van der Waals surface area contributed by atoms with Gasteiger partial charge in [-0.25, -0.2) is 4.79 Å². The first-order valence-electron chi connectivity index (χ1n) is 6.26. The van der Waals surface area contributed by atoms with Gasteiger partial charge >= 0.3 is 5.97 Å². The molecule has 0 atom stereocenters. The molecular formula is C14H12N4O3. The van der Waals surface area contributed by atoms with Crippen molar-refractivity contribution in [2.75, 3.05) is 0 Å². The fourth-order valence-corrected chi connectivity index (χ4v) is 2.08. The quantitative estimate of drug-likeness (QED) is 0.783. The summed E-state index contributed by atoms with van der Waals surface area (Å²) in [7, 11) is 1.65. The van der Waals surface area contributed by atoms with Crippen LogP contribution in [0.4, 0.5) is 0 Å². The summed E-state index contributed by atoms with van der Waals surface area (Å²) in [6.45, 7) is 0.0577. The number of tetrazole rings is 1. The van der Waals surface area contributed by atoms with Gasteiger partial charge in [0.25, 0.3) is 0 Å². The van der Waals surface area contributed by atoms with E-state index in [4.69, 9.17) is 4.74 Å². The van der Waals surface area contributed by atoms with Crippen LogP contribution < -0.4 is 4.74 Å². The van der Waals surface area contributed by atoms with Crippen LogP contribution in [0.2, 0.25) is 0 Å². The molecule has 3 rings (SSSR count). The van der Waals surface area contributed by atoms with Crippen LogP contribution in [0.5, 0.6) is 5.75 Å². The molecule has 0 aliphatic carbocycles. The number of aromatic nitrogens is 4. The first-order chi connectivity index (χ1) is 10.1. The van der Waals surface area contributed by atoms with Gasteiger partial charge in [0, 0.05) is 5.39 Å². The average Bonchev–Trinajstić information content (AvgIpc) is 2.90. The Kier molecular flexibility index (Phi) is 3.23. The van der Waals surface area contributed by atoms with Gasteiger partial charge in [-0.3, -0.25) is 0 Å². The number of fused-ring (bicyclic) bond motifs is 1. The minimum Gasteiger partial charge on any atom is -0.484 e. The topological polar surface area (TPSA) is 90.1 Å². The van der Waals surface area contributed by atoms with Crippen molar-refractivity contribution in [2.24, 2.45) is 7.05 Å². The highest BCUT2D eigenvalue weighted by Gasteiger charge is 2.15. The molecule has 21 heavy (non-hydrogen) atoms. The second kappa shape index (κ2) is 5.20. The SMILES string of the molecule is Cn1nnc(COc2c(C(=O)O)ccc3ccccc23)n1. The van der Waals surface area contributed by atoms with Gasteiger partial charge in [-0.1, -0.05) is 30.3 Å². The molecule has 0 aliphatic heterocycles. The Hall–Kier alpha value is -2.96. The van der Waals surface area contributed by atoms with Crippen molar-refractivity contribution in [3.05, 3.63) is 47.8 Å². The third-order valence-corrected chi connectivity index (χ3v) is 3.01. The molecule has 0 bridgehead atoms. The Bertz CT molecular complexity index is 813. The monoisotopic (exact) mass is 284 g/mol. The van der Waals surface area contributed by atoms with Crippen molar-refractivity contribution in [3.8, 4) is 5.75 Å². The highest BCUT2D eigenvalue weighted by Crippen LogP contribution is 2.30. The molecule has 7 nitrogen and oxygen atoms in total. The van der Waals surface area contributed by atoms with Crippen molar-refractivity contribution in [2.45, 2.75) is 6.61 Å². The van der Waals surface area contributed by atoms with E-state index in [9.17, 15) is 9.90 Å². The van der Waals surface area contributed by atoms with E-state index < -0.39 is 5.97 Å². The fraction of sp³-hybridized carbons (Fsp3) is 0.143. The highest BCUT2D eigenvalue weighted by atomic mass is 16.5. The first kappa shape index (κ1) is 13.0. The van der Waals surface area contributed by atoms with Crippen LogP contribution >= 0.6 is 0 Å². The van der Waals surface area contributed by atoms with Crippen molar-refractivity contribution >= 4 is 16.7 Å². The van der Waals surface area contributed by atoms with E-state index in [-0.39, 0.29) is 12.2 Å². The number of carbonyl (C=O) groups is 1. The minimum absolute atomic E-state index is 0.0577. The van der Waals surface area contributed by atoms with Gasteiger partial charge in [0.1, 0.15) is 11.3 Å². The molecule has 0 spiro atoms. The number of carboxylic acid groups (broad SMARTS) is 1. The standard InChI is InChI=1S/C14H12N4O3/c1-18-16-12(15-17-18)8-21-13-10-5-3-2-4-9(10)6-7-11(13)14(19)20/h2-7H,8H2,1H3,(H,19,20). The van der Waals surface area contributed by atoms with Gasteiger partial charge in [0.15, 0.2) is 6.61 Å². The average molecular weight is 284 g/mol. The zero-order valence-electron chi connectivity index (χ0n) is 11.2. The lowest BCUT2D eigenvalue weighted by Crippen LogP contribution is -2.05. The van der Waals surface area contributed by atoms with Crippen LogP contribution in [-0.2, 0) is 13.7 Å². The molecular weight excluding hydrogens is 272 g/mol. The van der Waals surface area contributed by atoms with Gasteiger partial charge < -0.3 is 9.84 Å². The second-order valence-corrected chi connectivity index (χ2v) is 4.45. The predicted octanol–water partition coefficient (Wildman–Crippen LogP) is 1.64. The van der Waals surface area contributed by atoms with Crippen LogP contribution in [-0.4, -0.2) is 31.3 Å². The lowest BCUT2D eigenvalue weighted by atomic mass is 10.1. The van der Waals surface area contributed by atoms with E-state index >= 15 is 0 Å². The molecule has 0 unspecified atom stereocenters. The summed E-state index contributed by atoms with van der Waals surface area (Å²) in [6.07, 6.45) is 0. The molecule has 0 saturated heterocycles. The lowest BCUT2D eigenvalue weighted by Gasteiger charge is -2.11. The third kappa shape index (κ3) is 2.53. The Morgan fingerprint density at radius 1 is 1.29 bits per heavy atom. The van der Waals surface area contributed by atoms with E-state index in [1.807, 2.05) is 24.3 Å². The van der Waals surface area contributed by atoms with Crippen molar-refractivity contribution in [1.29, 1.82) is 0 Å². The van der Waals surface area contributed by atoms with E-state index in [2.05, 4.69) is 15.4 Å². The Labute approximate surface area is 119 Å². The maximum atomic E-state index is 11.4. The second-order valence-electron chi connectivity index (χ2n) is 4.45. The number of hydrogen-bond acceptors (Lipinski definition) is 5. The van der Waals surface area contributed by atoms with Crippen LogP contribution in [0.1, 0.15) is 16.2 Å².